The number of amides is 1. The van der Waals surface area contributed by atoms with Crippen molar-refractivity contribution in [2.45, 2.75) is 19.3 Å². The van der Waals surface area contributed by atoms with E-state index in [1.165, 1.54) is 19.3 Å². The zero-order valence-corrected chi connectivity index (χ0v) is 10.8. The van der Waals surface area contributed by atoms with Crippen LogP contribution in [0.2, 0.25) is 0 Å². The Morgan fingerprint density at radius 1 is 1.26 bits per heavy atom. The van der Waals surface area contributed by atoms with Gasteiger partial charge in [0, 0.05) is 18.5 Å². The Labute approximate surface area is 111 Å². The number of aromatic amines is 1. The first-order chi connectivity index (χ1) is 9.33. The highest BCUT2D eigenvalue weighted by atomic mass is 16.2. The lowest BCUT2D eigenvalue weighted by molar-refractivity contribution is 0.0782. The molecule has 0 bridgehead atoms. The van der Waals surface area contributed by atoms with E-state index in [1.54, 1.807) is 6.20 Å². The molecule has 2 fully saturated rings. The molecule has 4 heteroatoms. The van der Waals surface area contributed by atoms with E-state index in [-0.39, 0.29) is 5.91 Å². The zero-order valence-electron chi connectivity index (χ0n) is 10.8. The molecule has 1 amide bonds. The molecule has 1 saturated heterocycles. The van der Waals surface area contributed by atoms with Gasteiger partial charge in [-0.3, -0.25) is 9.89 Å². The van der Waals surface area contributed by atoms with Crippen molar-refractivity contribution in [3.05, 3.63) is 30.0 Å². The number of hydrogen-bond acceptors (Lipinski definition) is 2. The van der Waals surface area contributed by atoms with Crippen LogP contribution < -0.4 is 0 Å². The summed E-state index contributed by atoms with van der Waals surface area (Å²) in [6.45, 7) is 1.88. The second-order valence-corrected chi connectivity index (χ2v) is 5.80. The predicted molar refractivity (Wildman–Crippen MR) is 72.8 cm³/mol. The number of benzene rings is 1. The molecule has 2 aromatic rings. The van der Waals surface area contributed by atoms with Crippen LogP contribution in [0.25, 0.3) is 10.9 Å². The van der Waals surface area contributed by atoms with Gasteiger partial charge in [0.1, 0.15) is 0 Å². The molecule has 4 rings (SSSR count). The van der Waals surface area contributed by atoms with Crippen LogP contribution in [0.3, 0.4) is 0 Å². The van der Waals surface area contributed by atoms with Crippen molar-refractivity contribution in [3.8, 4) is 0 Å². The smallest absolute Gasteiger partial charge is 0.254 e. The number of nitrogens with one attached hydrogen (secondary N) is 1. The van der Waals surface area contributed by atoms with Crippen molar-refractivity contribution in [1.82, 2.24) is 15.1 Å². The molecule has 0 unspecified atom stereocenters. The highest BCUT2D eigenvalue weighted by Gasteiger charge is 2.38. The van der Waals surface area contributed by atoms with Gasteiger partial charge in [-0.1, -0.05) is 12.5 Å². The van der Waals surface area contributed by atoms with Crippen LogP contribution in [0.4, 0.5) is 0 Å². The highest BCUT2D eigenvalue weighted by Crippen LogP contribution is 2.38. The van der Waals surface area contributed by atoms with Crippen LogP contribution in [-0.2, 0) is 0 Å². The van der Waals surface area contributed by atoms with Gasteiger partial charge >= 0.3 is 0 Å². The van der Waals surface area contributed by atoms with Crippen LogP contribution in [0.5, 0.6) is 0 Å². The second-order valence-electron chi connectivity index (χ2n) is 5.80. The van der Waals surface area contributed by atoms with Gasteiger partial charge in [-0.2, -0.15) is 5.10 Å². The van der Waals surface area contributed by atoms with Gasteiger partial charge in [-0.05, 0) is 36.8 Å². The van der Waals surface area contributed by atoms with E-state index in [0.29, 0.717) is 0 Å². The highest BCUT2D eigenvalue weighted by molar-refractivity contribution is 6.06. The van der Waals surface area contributed by atoms with Crippen LogP contribution >= 0.6 is 0 Å². The molecule has 1 aliphatic carbocycles. The minimum absolute atomic E-state index is 0.168. The van der Waals surface area contributed by atoms with E-state index in [1.807, 2.05) is 23.1 Å². The van der Waals surface area contributed by atoms with Crippen LogP contribution in [0.15, 0.2) is 24.4 Å². The Hall–Kier alpha value is -1.84. The topological polar surface area (TPSA) is 49.0 Å². The summed E-state index contributed by atoms with van der Waals surface area (Å²) in [4.78, 5) is 14.7. The fourth-order valence-corrected chi connectivity index (χ4v) is 3.73. The third-order valence-electron chi connectivity index (χ3n) is 4.73. The van der Waals surface area contributed by atoms with Gasteiger partial charge in [-0.15, -0.1) is 0 Å². The summed E-state index contributed by atoms with van der Waals surface area (Å²) in [5, 5.41) is 7.89. The minimum Gasteiger partial charge on any atom is -0.338 e. The first kappa shape index (κ1) is 11.0. The van der Waals surface area contributed by atoms with E-state index >= 15 is 0 Å². The van der Waals surface area contributed by atoms with Crippen molar-refractivity contribution in [1.29, 1.82) is 0 Å². The number of aromatic nitrogens is 2. The Balaban J connectivity index is 1.65. The molecule has 19 heavy (non-hydrogen) atoms. The molecule has 1 saturated carbocycles. The lowest BCUT2D eigenvalue weighted by atomic mass is 10.0. The van der Waals surface area contributed by atoms with Crippen molar-refractivity contribution < 1.29 is 4.79 Å². The summed E-state index contributed by atoms with van der Waals surface area (Å²) in [6.07, 6.45) is 5.68. The second kappa shape index (κ2) is 4.08. The third kappa shape index (κ3) is 1.66. The number of nitrogens with zero attached hydrogens (tertiary/aromatic N) is 2. The summed E-state index contributed by atoms with van der Waals surface area (Å²) < 4.78 is 0. The van der Waals surface area contributed by atoms with Crippen molar-refractivity contribution >= 4 is 16.8 Å². The van der Waals surface area contributed by atoms with E-state index < -0.39 is 0 Å². The fraction of sp³-hybridized carbons (Fsp3) is 0.467. The first-order valence-electron chi connectivity index (χ1n) is 7.04. The average Bonchev–Trinajstić information content (AvgIpc) is 3.11. The van der Waals surface area contributed by atoms with Gasteiger partial charge in [-0.25, -0.2) is 0 Å². The molecule has 0 spiro atoms. The summed E-state index contributed by atoms with van der Waals surface area (Å²) >= 11 is 0. The molecule has 2 atom stereocenters. The normalized spacial score (nSPS) is 26.0. The maximum atomic E-state index is 12.7. The lowest BCUT2D eigenvalue weighted by Crippen LogP contribution is -2.29. The molecule has 2 aliphatic rings. The number of carbonyl (C=O) groups excluding carboxylic acids is 1. The Morgan fingerprint density at radius 3 is 2.84 bits per heavy atom. The third-order valence-corrected chi connectivity index (χ3v) is 4.73. The Bertz CT molecular complexity index is 621. The zero-order chi connectivity index (χ0) is 12.8. The average molecular weight is 255 g/mol. The van der Waals surface area contributed by atoms with Gasteiger partial charge in [0.05, 0.1) is 17.3 Å². The number of rotatable bonds is 1. The number of carbonyl (C=O) groups is 1. The van der Waals surface area contributed by atoms with Gasteiger partial charge in [0.25, 0.3) is 5.91 Å². The monoisotopic (exact) mass is 255 g/mol. The van der Waals surface area contributed by atoms with Crippen LogP contribution in [-0.4, -0.2) is 34.1 Å². The maximum absolute atomic E-state index is 12.7. The standard InChI is InChI=1S/C15H17N3O/c19-15(18-8-10-3-1-4-11(10)9-18)12-5-2-6-14-13(12)7-16-17-14/h2,5-7,10-11H,1,3-4,8-9H2,(H,16,17)/t10-,11+. The van der Waals surface area contributed by atoms with Gasteiger partial charge < -0.3 is 4.90 Å². The number of H-pyrrole nitrogens is 1. The van der Waals surface area contributed by atoms with E-state index in [0.717, 1.165) is 41.4 Å². The molecule has 98 valence electrons. The molecule has 2 heterocycles. The number of hydrogen-bond donors (Lipinski definition) is 1. The SMILES string of the molecule is O=C(c1cccc2[nH]ncc12)N1C[C@H]2CCC[C@H]2C1. The Kier molecular flexibility index (Phi) is 2.37. The molecule has 4 nitrogen and oxygen atoms in total. The van der Waals surface area contributed by atoms with Crippen LogP contribution in [0, 0.1) is 11.8 Å². The quantitative estimate of drug-likeness (QED) is 0.850. The van der Waals surface area contributed by atoms with Crippen molar-refractivity contribution in [2.75, 3.05) is 13.1 Å². The summed E-state index contributed by atoms with van der Waals surface area (Å²) in [7, 11) is 0. The van der Waals surface area contributed by atoms with Gasteiger partial charge in [0.15, 0.2) is 0 Å². The molecular weight excluding hydrogens is 238 g/mol. The molecule has 0 radical (unpaired) electrons. The molecular formula is C15H17N3O. The molecule has 1 aromatic heterocycles. The van der Waals surface area contributed by atoms with E-state index in [9.17, 15) is 4.79 Å². The summed E-state index contributed by atoms with van der Waals surface area (Å²) in [5.41, 5.74) is 1.72. The lowest BCUT2D eigenvalue weighted by Gasteiger charge is -2.17. The van der Waals surface area contributed by atoms with Crippen LogP contribution in [0.1, 0.15) is 29.6 Å². The van der Waals surface area contributed by atoms with Crippen molar-refractivity contribution in [2.24, 2.45) is 11.8 Å². The molecule has 1 aromatic carbocycles. The minimum atomic E-state index is 0.168. The first-order valence-corrected chi connectivity index (χ1v) is 7.04. The summed E-state index contributed by atoms with van der Waals surface area (Å²) in [6, 6.07) is 5.79. The fourth-order valence-electron chi connectivity index (χ4n) is 3.73. The largest absolute Gasteiger partial charge is 0.338 e. The Morgan fingerprint density at radius 2 is 2.05 bits per heavy atom. The van der Waals surface area contributed by atoms with E-state index in [4.69, 9.17) is 0 Å². The van der Waals surface area contributed by atoms with E-state index in [2.05, 4.69) is 10.2 Å². The number of likely N-dealkylation sites (tertiary alicyclic amines) is 1. The summed E-state index contributed by atoms with van der Waals surface area (Å²) in [5.74, 6) is 1.65. The van der Waals surface area contributed by atoms with Gasteiger partial charge in [0.2, 0.25) is 0 Å². The maximum Gasteiger partial charge on any atom is 0.254 e. The number of fused-ring (bicyclic) bond motifs is 2. The molecule has 1 N–H and O–H groups in total. The predicted octanol–water partition coefficient (Wildman–Crippen LogP) is 2.44. The van der Waals surface area contributed by atoms with Crippen molar-refractivity contribution in [3.63, 3.8) is 0 Å². The molecule has 1 aliphatic heterocycles.